The minimum atomic E-state index is 0. The van der Waals surface area contributed by atoms with Crippen LogP contribution in [-0.4, -0.2) is 13.1 Å². The van der Waals surface area contributed by atoms with E-state index in [4.69, 9.17) is 0 Å². The zero-order chi connectivity index (χ0) is 11.8. The molecule has 0 saturated heterocycles. The van der Waals surface area contributed by atoms with Gasteiger partial charge in [-0.1, -0.05) is 60.7 Å². The molecule has 0 radical (unpaired) electrons. The predicted molar refractivity (Wildman–Crippen MR) is 73.2 cm³/mol. The molecular formula is C16H19ClN-. The molecule has 0 saturated carbocycles. The van der Waals surface area contributed by atoms with E-state index >= 15 is 0 Å². The Labute approximate surface area is 116 Å². The summed E-state index contributed by atoms with van der Waals surface area (Å²) in [6.07, 6.45) is 2.21. The van der Waals surface area contributed by atoms with Crippen LogP contribution in [0, 0.1) is 0 Å². The van der Waals surface area contributed by atoms with Gasteiger partial charge in [0.2, 0.25) is 0 Å². The van der Waals surface area contributed by atoms with Crippen molar-refractivity contribution in [3.8, 4) is 0 Å². The highest BCUT2D eigenvalue weighted by Crippen LogP contribution is 1.99. The van der Waals surface area contributed by atoms with E-state index in [9.17, 15) is 0 Å². The van der Waals surface area contributed by atoms with E-state index in [1.54, 1.807) is 0 Å². The largest absolute Gasteiger partial charge is 1.00 e. The molecule has 18 heavy (non-hydrogen) atoms. The zero-order valence-electron chi connectivity index (χ0n) is 10.5. The van der Waals surface area contributed by atoms with Crippen LogP contribution in [-0.2, 0) is 12.8 Å². The van der Waals surface area contributed by atoms with E-state index in [1.807, 2.05) is 0 Å². The molecule has 0 aliphatic carbocycles. The summed E-state index contributed by atoms with van der Waals surface area (Å²) in [5, 5.41) is 3.48. The van der Waals surface area contributed by atoms with Crippen molar-refractivity contribution in [3.05, 3.63) is 71.8 Å². The normalized spacial score (nSPS) is 9.78. The summed E-state index contributed by atoms with van der Waals surface area (Å²) in [4.78, 5) is 0. The molecule has 0 spiro atoms. The highest BCUT2D eigenvalue weighted by molar-refractivity contribution is 5.15. The maximum atomic E-state index is 3.48. The van der Waals surface area contributed by atoms with Crippen molar-refractivity contribution in [2.45, 2.75) is 12.8 Å². The van der Waals surface area contributed by atoms with E-state index in [2.05, 4.69) is 66.0 Å². The smallest absolute Gasteiger partial charge is 0.000822 e. The molecule has 0 aliphatic rings. The quantitative estimate of drug-likeness (QED) is 0.725. The third-order valence-corrected chi connectivity index (χ3v) is 2.87. The molecule has 2 aromatic rings. The molecule has 2 aromatic carbocycles. The molecule has 0 bridgehead atoms. The molecule has 0 fully saturated rings. The van der Waals surface area contributed by atoms with Gasteiger partial charge in [-0.15, -0.1) is 0 Å². The molecule has 0 heterocycles. The Balaban J connectivity index is 0.00000162. The molecule has 1 nitrogen and oxygen atoms in total. The third-order valence-electron chi connectivity index (χ3n) is 2.87. The second-order valence-corrected chi connectivity index (χ2v) is 4.22. The fraction of sp³-hybridized carbons (Fsp3) is 0.250. The second-order valence-electron chi connectivity index (χ2n) is 4.22. The van der Waals surface area contributed by atoms with Crippen LogP contribution in [0.5, 0.6) is 0 Å². The topological polar surface area (TPSA) is 12.0 Å². The first-order chi connectivity index (χ1) is 8.45. The summed E-state index contributed by atoms with van der Waals surface area (Å²) in [5.41, 5.74) is 2.81. The van der Waals surface area contributed by atoms with Gasteiger partial charge < -0.3 is 17.7 Å². The van der Waals surface area contributed by atoms with E-state index in [1.165, 1.54) is 11.1 Å². The molecule has 2 heteroatoms. The van der Waals surface area contributed by atoms with Crippen LogP contribution in [0.2, 0.25) is 0 Å². The van der Waals surface area contributed by atoms with Crippen LogP contribution in [0.1, 0.15) is 11.1 Å². The van der Waals surface area contributed by atoms with Gasteiger partial charge in [-0.3, -0.25) is 0 Å². The van der Waals surface area contributed by atoms with Gasteiger partial charge in [0, 0.05) is 0 Å². The van der Waals surface area contributed by atoms with E-state index in [0.29, 0.717) is 0 Å². The lowest BCUT2D eigenvalue weighted by atomic mass is 10.1. The van der Waals surface area contributed by atoms with E-state index < -0.39 is 0 Å². The Morgan fingerprint density at radius 3 is 1.39 bits per heavy atom. The van der Waals surface area contributed by atoms with Gasteiger partial charge >= 0.3 is 0 Å². The van der Waals surface area contributed by atoms with Crippen molar-refractivity contribution in [2.75, 3.05) is 13.1 Å². The summed E-state index contributed by atoms with van der Waals surface area (Å²) >= 11 is 0. The van der Waals surface area contributed by atoms with Crippen LogP contribution < -0.4 is 17.7 Å². The average molecular weight is 261 g/mol. The number of hydrogen-bond acceptors (Lipinski definition) is 1. The van der Waals surface area contributed by atoms with Gasteiger partial charge in [0.1, 0.15) is 0 Å². The van der Waals surface area contributed by atoms with E-state index in [0.717, 1.165) is 25.9 Å². The van der Waals surface area contributed by atoms with Crippen molar-refractivity contribution in [2.24, 2.45) is 0 Å². The fourth-order valence-corrected chi connectivity index (χ4v) is 1.88. The molecule has 0 aromatic heterocycles. The Bertz CT molecular complexity index is 372. The molecule has 0 unspecified atom stereocenters. The predicted octanol–water partition coefficient (Wildman–Crippen LogP) is 0.0654. The monoisotopic (exact) mass is 260 g/mol. The number of halogens is 1. The Morgan fingerprint density at radius 1 is 0.611 bits per heavy atom. The number of hydrogen-bond donors (Lipinski definition) is 1. The van der Waals surface area contributed by atoms with Crippen molar-refractivity contribution in [3.63, 3.8) is 0 Å². The minimum Gasteiger partial charge on any atom is -1.00 e. The first-order valence-electron chi connectivity index (χ1n) is 6.24. The summed E-state index contributed by atoms with van der Waals surface area (Å²) in [6, 6.07) is 21.2. The first kappa shape index (κ1) is 14.7. The van der Waals surface area contributed by atoms with Crippen LogP contribution in [0.15, 0.2) is 60.7 Å². The number of benzene rings is 2. The Hall–Kier alpha value is -1.31. The highest BCUT2D eigenvalue weighted by atomic mass is 35.5. The maximum Gasteiger partial charge on any atom is -0.000822 e. The Morgan fingerprint density at radius 2 is 1.00 bits per heavy atom. The van der Waals surface area contributed by atoms with Crippen LogP contribution >= 0.6 is 0 Å². The number of rotatable bonds is 6. The SMILES string of the molecule is [Cl-].c1ccc(CCNCCc2ccccc2)cc1. The maximum absolute atomic E-state index is 3.48. The fourth-order valence-electron chi connectivity index (χ4n) is 1.88. The van der Waals surface area contributed by atoms with Gasteiger partial charge in [-0.2, -0.15) is 0 Å². The van der Waals surface area contributed by atoms with Gasteiger partial charge in [-0.25, -0.2) is 0 Å². The van der Waals surface area contributed by atoms with Crippen molar-refractivity contribution in [1.82, 2.24) is 5.32 Å². The van der Waals surface area contributed by atoms with Gasteiger partial charge in [0.15, 0.2) is 0 Å². The van der Waals surface area contributed by atoms with Crippen LogP contribution in [0.3, 0.4) is 0 Å². The molecule has 0 atom stereocenters. The molecule has 96 valence electrons. The molecule has 0 aliphatic heterocycles. The van der Waals surface area contributed by atoms with Gasteiger partial charge in [-0.05, 0) is 37.1 Å². The van der Waals surface area contributed by atoms with Gasteiger partial charge in [0.05, 0.1) is 0 Å². The Kier molecular flexibility index (Phi) is 7.16. The highest BCUT2D eigenvalue weighted by Gasteiger charge is 1.93. The standard InChI is InChI=1S/C16H19N.ClH/c1-3-7-15(8-4-1)11-13-17-14-12-16-9-5-2-6-10-16;/h1-10,17H,11-14H2;1H/p-1. The summed E-state index contributed by atoms with van der Waals surface area (Å²) in [6.45, 7) is 2.10. The lowest BCUT2D eigenvalue weighted by Crippen LogP contribution is -3.00. The molecule has 0 amide bonds. The summed E-state index contributed by atoms with van der Waals surface area (Å²) in [7, 11) is 0. The third kappa shape index (κ3) is 5.35. The molecule has 2 rings (SSSR count). The lowest BCUT2D eigenvalue weighted by molar-refractivity contribution is -0.00000349. The average Bonchev–Trinajstić information content (AvgIpc) is 2.41. The van der Waals surface area contributed by atoms with Crippen LogP contribution in [0.4, 0.5) is 0 Å². The minimum absolute atomic E-state index is 0. The second kappa shape index (κ2) is 8.73. The van der Waals surface area contributed by atoms with Crippen molar-refractivity contribution in [1.29, 1.82) is 0 Å². The summed E-state index contributed by atoms with van der Waals surface area (Å²) in [5.74, 6) is 0. The van der Waals surface area contributed by atoms with E-state index in [-0.39, 0.29) is 12.4 Å². The number of nitrogens with one attached hydrogen (secondary N) is 1. The summed E-state index contributed by atoms with van der Waals surface area (Å²) < 4.78 is 0. The first-order valence-corrected chi connectivity index (χ1v) is 6.24. The van der Waals surface area contributed by atoms with Gasteiger partial charge in [0.25, 0.3) is 0 Å². The molecule has 1 N–H and O–H groups in total. The molecular weight excluding hydrogens is 242 g/mol. The lowest BCUT2D eigenvalue weighted by Gasteiger charge is -2.05. The van der Waals surface area contributed by atoms with Crippen LogP contribution in [0.25, 0.3) is 0 Å². The zero-order valence-corrected chi connectivity index (χ0v) is 11.2. The van der Waals surface area contributed by atoms with Crippen molar-refractivity contribution >= 4 is 0 Å². The van der Waals surface area contributed by atoms with Crippen molar-refractivity contribution < 1.29 is 12.4 Å².